The number of ether oxygens (including phenoxy) is 1. The van der Waals surface area contributed by atoms with E-state index in [1.807, 2.05) is 42.5 Å². The molecule has 0 saturated heterocycles. The Morgan fingerprint density at radius 1 is 1.14 bits per heavy atom. The zero-order valence-electron chi connectivity index (χ0n) is 11.8. The Hall–Kier alpha value is -2.52. The number of fused-ring (bicyclic) bond motifs is 1. The zero-order valence-corrected chi connectivity index (χ0v) is 12.5. The van der Waals surface area contributed by atoms with Gasteiger partial charge in [0, 0.05) is 27.9 Å². The minimum Gasteiger partial charge on any atom is -0.488 e. The molecule has 0 bridgehead atoms. The van der Waals surface area contributed by atoms with E-state index < -0.39 is 0 Å². The molecule has 2 aromatic carbocycles. The lowest BCUT2D eigenvalue weighted by Gasteiger charge is -2.09. The van der Waals surface area contributed by atoms with Gasteiger partial charge in [0.2, 0.25) is 0 Å². The van der Waals surface area contributed by atoms with E-state index in [0.717, 1.165) is 22.6 Å². The fourth-order valence-electron chi connectivity index (χ4n) is 2.15. The van der Waals surface area contributed by atoms with Crippen LogP contribution in [0.2, 0.25) is 0 Å². The van der Waals surface area contributed by atoms with E-state index in [4.69, 9.17) is 16.3 Å². The second-order valence-corrected chi connectivity index (χ2v) is 5.10. The monoisotopic (exact) mass is 311 g/mol. The van der Waals surface area contributed by atoms with E-state index in [0.29, 0.717) is 12.2 Å². The first-order valence-electron chi connectivity index (χ1n) is 6.87. The van der Waals surface area contributed by atoms with Gasteiger partial charge in [0.25, 0.3) is 5.91 Å². The number of hydrogen-bond donors (Lipinski definition) is 1. The van der Waals surface area contributed by atoms with E-state index in [-0.39, 0.29) is 5.91 Å². The standard InChI is InChI=1S/C18H14ClNO2/c19-11-13-6-7-14-10-15(8-9-17(14)22-12-13)18(21)20-16-4-2-1-3-5-16/h1-11H,12H2,(H,20,21). The first-order valence-corrected chi connectivity index (χ1v) is 7.30. The molecule has 4 heteroatoms. The van der Waals surface area contributed by atoms with Crippen molar-refractivity contribution in [1.29, 1.82) is 0 Å². The third-order valence-corrected chi connectivity index (χ3v) is 3.60. The second-order valence-electron chi connectivity index (χ2n) is 4.88. The predicted molar refractivity (Wildman–Crippen MR) is 89.3 cm³/mol. The summed E-state index contributed by atoms with van der Waals surface area (Å²) >= 11 is 5.71. The van der Waals surface area contributed by atoms with Crippen molar-refractivity contribution in [3.8, 4) is 5.75 Å². The maximum atomic E-state index is 12.3. The molecule has 1 aliphatic rings. The highest BCUT2D eigenvalue weighted by molar-refractivity contribution is 6.25. The second kappa shape index (κ2) is 6.50. The summed E-state index contributed by atoms with van der Waals surface area (Å²) in [5.41, 5.74) is 4.57. The first-order chi connectivity index (χ1) is 10.8. The van der Waals surface area contributed by atoms with Crippen LogP contribution in [-0.2, 0) is 0 Å². The highest BCUT2D eigenvalue weighted by atomic mass is 35.5. The van der Waals surface area contributed by atoms with Gasteiger partial charge in [0.15, 0.2) is 0 Å². The Labute approximate surface area is 133 Å². The Bertz CT molecular complexity index is 751. The van der Waals surface area contributed by atoms with Crippen LogP contribution in [0.25, 0.3) is 6.08 Å². The number of halogens is 1. The summed E-state index contributed by atoms with van der Waals surface area (Å²) in [7, 11) is 0. The predicted octanol–water partition coefficient (Wildman–Crippen LogP) is 4.47. The van der Waals surface area contributed by atoms with Crippen molar-refractivity contribution in [2.75, 3.05) is 11.9 Å². The maximum Gasteiger partial charge on any atom is 0.255 e. The molecule has 0 saturated carbocycles. The lowest BCUT2D eigenvalue weighted by molar-refractivity contribution is 0.102. The smallest absolute Gasteiger partial charge is 0.255 e. The molecule has 1 amide bonds. The molecule has 0 radical (unpaired) electrons. The molecule has 0 fully saturated rings. The number of anilines is 1. The van der Waals surface area contributed by atoms with E-state index in [1.165, 1.54) is 5.54 Å². The van der Waals surface area contributed by atoms with Gasteiger partial charge in [-0.2, -0.15) is 0 Å². The summed E-state index contributed by atoms with van der Waals surface area (Å²) < 4.78 is 5.66. The highest BCUT2D eigenvalue weighted by Crippen LogP contribution is 2.26. The van der Waals surface area contributed by atoms with Crippen molar-refractivity contribution in [2.24, 2.45) is 0 Å². The number of carbonyl (C=O) groups is 1. The van der Waals surface area contributed by atoms with Gasteiger partial charge in [-0.25, -0.2) is 0 Å². The fraction of sp³-hybridized carbons (Fsp3) is 0.0556. The Kier molecular flexibility index (Phi) is 4.26. The van der Waals surface area contributed by atoms with Gasteiger partial charge in [-0.3, -0.25) is 4.79 Å². The average molecular weight is 312 g/mol. The van der Waals surface area contributed by atoms with Crippen LogP contribution in [0.4, 0.5) is 5.69 Å². The number of amides is 1. The molecular weight excluding hydrogens is 298 g/mol. The molecule has 1 N–H and O–H groups in total. The molecule has 0 spiro atoms. The zero-order chi connectivity index (χ0) is 15.4. The fourth-order valence-corrected chi connectivity index (χ4v) is 2.29. The summed E-state index contributed by atoms with van der Waals surface area (Å²) in [6, 6.07) is 14.7. The summed E-state index contributed by atoms with van der Waals surface area (Å²) in [5.74, 6) is 0.584. The molecule has 0 aliphatic carbocycles. The molecule has 110 valence electrons. The van der Waals surface area contributed by atoms with Crippen LogP contribution in [0.5, 0.6) is 5.75 Å². The van der Waals surface area contributed by atoms with Crippen LogP contribution >= 0.6 is 11.6 Å². The number of hydrogen-bond acceptors (Lipinski definition) is 2. The van der Waals surface area contributed by atoms with Crippen LogP contribution < -0.4 is 10.1 Å². The molecule has 0 aromatic heterocycles. The third kappa shape index (κ3) is 3.21. The van der Waals surface area contributed by atoms with Crippen molar-refractivity contribution in [1.82, 2.24) is 0 Å². The maximum absolute atomic E-state index is 12.3. The average Bonchev–Trinajstić information content (AvgIpc) is 2.77. The first kappa shape index (κ1) is 14.4. The van der Waals surface area contributed by atoms with Crippen molar-refractivity contribution in [3.05, 3.63) is 76.8 Å². The van der Waals surface area contributed by atoms with Crippen molar-refractivity contribution in [3.63, 3.8) is 0 Å². The van der Waals surface area contributed by atoms with Gasteiger partial charge >= 0.3 is 0 Å². The van der Waals surface area contributed by atoms with Gasteiger partial charge in [0.05, 0.1) is 0 Å². The summed E-state index contributed by atoms with van der Waals surface area (Å²) in [5, 5.41) is 2.86. The lowest BCUT2D eigenvalue weighted by atomic mass is 10.1. The molecule has 22 heavy (non-hydrogen) atoms. The van der Waals surface area contributed by atoms with Crippen LogP contribution in [0.3, 0.4) is 0 Å². The van der Waals surface area contributed by atoms with Crippen LogP contribution in [0.1, 0.15) is 15.9 Å². The molecular formula is C18H14ClNO2. The largest absolute Gasteiger partial charge is 0.488 e. The van der Waals surface area contributed by atoms with Gasteiger partial charge in [-0.15, -0.1) is 0 Å². The van der Waals surface area contributed by atoms with Crippen molar-refractivity contribution < 1.29 is 9.53 Å². The van der Waals surface area contributed by atoms with Gasteiger partial charge < -0.3 is 10.1 Å². The molecule has 3 nitrogen and oxygen atoms in total. The Morgan fingerprint density at radius 2 is 1.95 bits per heavy atom. The Balaban J connectivity index is 1.84. The van der Waals surface area contributed by atoms with Crippen LogP contribution in [0.15, 0.2) is 65.7 Å². The van der Waals surface area contributed by atoms with Crippen LogP contribution in [-0.4, -0.2) is 12.5 Å². The number of rotatable bonds is 2. The SMILES string of the molecule is O=C(Nc1ccccc1)c1ccc2c(c1)C=CC(=CCl)CO2. The van der Waals surface area contributed by atoms with E-state index in [1.54, 1.807) is 18.2 Å². The molecule has 3 rings (SSSR count). The Morgan fingerprint density at radius 3 is 2.73 bits per heavy atom. The molecule has 0 unspecified atom stereocenters. The number of benzene rings is 2. The molecule has 1 aliphatic heterocycles. The quantitative estimate of drug-likeness (QED) is 0.888. The molecule has 1 heterocycles. The topological polar surface area (TPSA) is 38.3 Å². The van der Waals surface area contributed by atoms with Crippen molar-refractivity contribution in [2.45, 2.75) is 0 Å². The minimum absolute atomic E-state index is 0.153. The van der Waals surface area contributed by atoms with Crippen LogP contribution in [0, 0.1) is 0 Å². The van der Waals surface area contributed by atoms with Gasteiger partial charge in [0.1, 0.15) is 12.4 Å². The minimum atomic E-state index is -0.153. The number of carbonyl (C=O) groups excluding carboxylic acids is 1. The highest BCUT2D eigenvalue weighted by Gasteiger charge is 2.12. The van der Waals surface area contributed by atoms with Crippen molar-refractivity contribution >= 4 is 29.3 Å². The van der Waals surface area contributed by atoms with Gasteiger partial charge in [-0.05, 0) is 30.3 Å². The molecule has 2 aromatic rings. The molecule has 0 atom stereocenters. The van der Waals surface area contributed by atoms with E-state index in [9.17, 15) is 4.79 Å². The van der Waals surface area contributed by atoms with E-state index in [2.05, 4.69) is 5.32 Å². The number of para-hydroxylation sites is 1. The van der Waals surface area contributed by atoms with Gasteiger partial charge in [-0.1, -0.05) is 42.0 Å². The number of nitrogens with one attached hydrogen (secondary N) is 1. The lowest BCUT2D eigenvalue weighted by Crippen LogP contribution is -2.12. The summed E-state index contributed by atoms with van der Waals surface area (Å²) in [6.45, 7) is 0.419. The summed E-state index contributed by atoms with van der Waals surface area (Å²) in [4.78, 5) is 12.3. The third-order valence-electron chi connectivity index (χ3n) is 3.32. The normalized spacial score (nSPS) is 14.9. The summed E-state index contributed by atoms with van der Waals surface area (Å²) in [6.07, 6.45) is 3.79. The van der Waals surface area contributed by atoms with E-state index >= 15 is 0 Å².